The normalized spacial score (nSPS) is 10.9. The van der Waals surface area contributed by atoms with E-state index in [1.165, 1.54) is 0 Å². The summed E-state index contributed by atoms with van der Waals surface area (Å²) in [5.74, 6) is 0. The first-order valence-electron chi connectivity index (χ1n) is 10.0. The van der Waals surface area contributed by atoms with Crippen molar-refractivity contribution in [3.8, 4) is 0 Å². The summed E-state index contributed by atoms with van der Waals surface area (Å²) in [6, 6.07) is 35.6. The molecule has 4 rings (SSSR count). The Morgan fingerprint density at radius 2 is 1.00 bits per heavy atom. The van der Waals surface area contributed by atoms with E-state index in [1.54, 1.807) is 12.1 Å². The molecule has 0 atom stereocenters. The molecule has 0 fully saturated rings. The molecule has 0 aliphatic rings. The molecule has 0 heterocycles. The highest BCUT2D eigenvalue weighted by Gasteiger charge is 2.23. The SMILES string of the molecule is Cc1ccc(S(=O)(=O)C(=C=C(c2ccccc2)c2ccccc2)c2ccccc2)cc1. The van der Waals surface area contributed by atoms with Crippen molar-refractivity contribution >= 4 is 20.3 Å². The molecular weight excluding hydrogens is 400 g/mol. The lowest BCUT2D eigenvalue weighted by Gasteiger charge is -2.11. The van der Waals surface area contributed by atoms with Crippen LogP contribution in [0.1, 0.15) is 22.3 Å². The van der Waals surface area contributed by atoms with Crippen LogP contribution in [0.3, 0.4) is 0 Å². The molecule has 0 amide bonds. The van der Waals surface area contributed by atoms with Crippen molar-refractivity contribution in [3.05, 3.63) is 143 Å². The molecule has 2 nitrogen and oxygen atoms in total. The third-order valence-corrected chi connectivity index (χ3v) is 6.77. The molecule has 31 heavy (non-hydrogen) atoms. The van der Waals surface area contributed by atoms with Crippen LogP contribution in [0.5, 0.6) is 0 Å². The number of hydrogen-bond donors (Lipinski definition) is 0. The van der Waals surface area contributed by atoms with Gasteiger partial charge in [-0.1, -0.05) is 114 Å². The molecule has 4 aromatic rings. The summed E-state index contributed by atoms with van der Waals surface area (Å²) in [5.41, 5.74) is 7.45. The fourth-order valence-corrected chi connectivity index (χ4v) is 4.77. The minimum Gasteiger partial charge on any atom is -0.218 e. The summed E-state index contributed by atoms with van der Waals surface area (Å²) in [6.07, 6.45) is 0. The van der Waals surface area contributed by atoms with Gasteiger partial charge in [0.2, 0.25) is 9.84 Å². The predicted molar refractivity (Wildman–Crippen MR) is 127 cm³/mol. The molecule has 0 saturated carbocycles. The monoisotopic (exact) mass is 422 g/mol. The number of rotatable bonds is 5. The van der Waals surface area contributed by atoms with Gasteiger partial charge in [-0.25, -0.2) is 8.42 Å². The van der Waals surface area contributed by atoms with Gasteiger partial charge in [-0.2, -0.15) is 0 Å². The van der Waals surface area contributed by atoms with Gasteiger partial charge in [-0.15, -0.1) is 0 Å². The second kappa shape index (κ2) is 9.01. The molecule has 0 radical (unpaired) electrons. The third-order valence-electron chi connectivity index (χ3n) is 5.00. The molecule has 4 aromatic carbocycles. The van der Waals surface area contributed by atoms with E-state index in [-0.39, 0.29) is 9.80 Å². The number of sulfone groups is 1. The average molecular weight is 423 g/mol. The second-order valence-electron chi connectivity index (χ2n) is 7.24. The molecule has 0 unspecified atom stereocenters. The molecule has 0 spiro atoms. The highest BCUT2D eigenvalue weighted by Crippen LogP contribution is 2.31. The third kappa shape index (κ3) is 4.59. The zero-order valence-corrected chi connectivity index (χ0v) is 18.0. The zero-order chi connectivity index (χ0) is 21.7. The first-order chi connectivity index (χ1) is 15.1. The lowest BCUT2D eigenvalue weighted by Crippen LogP contribution is -2.04. The quantitative estimate of drug-likeness (QED) is 0.342. The Bertz CT molecular complexity index is 1290. The van der Waals surface area contributed by atoms with Crippen molar-refractivity contribution in [3.63, 3.8) is 0 Å². The Kier molecular flexibility index (Phi) is 5.99. The summed E-state index contributed by atoms with van der Waals surface area (Å²) in [4.78, 5) is 0.407. The Morgan fingerprint density at radius 3 is 1.45 bits per heavy atom. The predicted octanol–water partition coefficient (Wildman–Crippen LogP) is 6.54. The van der Waals surface area contributed by atoms with Crippen molar-refractivity contribution in [1.82, 2.24) is 0 Å². The highest BCUT2D eigenvalue weighted by atomic mass is 32.2. The van der Waals surface area contributed by atoms with Gasteiger partial charge in [0.15, 0.2) is 0 Å². The van der Waals surface area contributed by atoms with Crippen molar-refractivity contribution in [1.29, 1.82) is 0 Å². The van der Waals surface area contributed by atoms with Crippen LogP contribution in [0.15, 0.2) is 126 Å². The van der Waals surface area contributed by atoms with E-state index in [0.717, 1.165) is 22.3 Å². The Morgan fingerprint density at radius 1 is 0.581 bits per heavy atom. The maximum atomic E-state index is 13.7. The van der Waals surface area contributed by atoms with Crippen LogP contribution < -0.4 is 0 Å². The molecular formula is C28H22O2S. The first-order valence-corrected chi connectivity index (χ1v) is 11.5. The van der Waals surface area contributed by atoms with Gasteiger partial charge in [0.25, 0.3) is 0 Å². The van der Waals surface area contributed by atoms with Crippen LogP contribution in [-0.4, -0.2) is 8.42 Å². The van der Waals surface area contributed by atoms with Gasteiger partial charge in [0.05, 0.1) is 4.90 Å². The van der Waals surface area contributed by atoms with Crippen LogP contribution in [-0.2, 0) is 9.84 Å². The maximum absolute atomic E-state index is 13.7. The molecule has 0 aliphatic heterocycles. The van der Waals surface area contributed by atoms with E-state index in [9.17, 15) is 8.42 Å². The number of benzene rings is 4. The summed E-state index contributed by atoms with van der Waals surface area (Å²) in [7, 11) is -3.80. The van der Waals surface area contributed by atoms with Crippen LogP contribution in [0.25, 0.3) is 10.5 Å². The van der Waals surface area contributed by atoms with E-state index in [2.05, 4.69) is 5.73 Å². The van der Waals surface area contributed by atoms with E-state index in [1.807, 2.05) is 110 Å². The van der Waals surface area contributed by atoms with Crippen molar-refractivity contribution in [2.24, 2.45) is 0 Å². The number of hydrogen-bond acceptors (Lipinski definition) is 2. The second-order valence-corrected chi connectivity index (χ2v) is 9.13. The van der Waals surface area contributed by atoms with Crippen molar-refractivity contribution < 1.29 is 8.42 Å². The van der Waals surface area contributed by atoms with Gasteiger partial charge in [0, 0.05) is 11.1 Å². The van der Waals surface area contributed by atoms with E-state index < -0.39 is 9.84 Å². The van der Waals surface area contributed by atoms with Gasteiger partial charge in [-0.05, 0) is 30.2 Å². The largest absolute Gasteiger partial charge is 0.218 e. The first kappa shape index (κ1) is 20.6. The van der Waals surface area contributed by atoms with E-state index in [4.69, 9.17) is 0 Å². The molecule has 0 N–H and O–H groups in total. The summed E-state index contributed by atoms with van der Waals surface area (Å²) < 4.78 is 27.5. The minimum absolute atomic E-state index is 0.152. The Balaban J connectivity index is 2.08. The highest BCUT2D eigenvalue weighted by molar-refractivity contribution is 8.00. The molecule has 152 valence electrons. The summed E-state index contributed by atoms with van der Waals surface area (Å²) in [5, 5.41) is 0. The van der Waals surface area contributed by atoms with Crippen molar-refractivity contribution in [2.45, 2.75) is 11.8 Å². The van der Waals surface area contributed by atoms with Crippen LogP contribution in [0.2, 0.25) is 0 Å². The van der Waals surface area contributed by atoms with Crippen LogP contribution in [0.4, 0.5) is 0 Å². The lowest BCUT2D eigenvalue weighted by atomic mass is 9.98. The summed E-state index contributed by atoms with van der Waals surface area (Å²) >= 11 is 0. The lowest BCUT2D eigenvalue weighted by molar-refractivity contribution is 0.606. The van der Waals surface area contributed by atoms with Crippen molar-refractivity contribution in [2.75, 3.05) is 0 Å². The Labute approximate surface area is 183 Å². The molecule has 0 bridgehead atoms. The van der Waals surface area contributed by atoms with Gasteiger partial charge >= 0.3 is 0 Å². The topological polar surface area (TPSA) is 34.1 Å². The molecule has 0 aliphatic carbocycles. The molecule has 0 aromatic heterocycles. The number of aryl methyl sites for hydroxylation is 1. The maximum Gasteiger partial charge on any atom is 0.214 e. The zero-order valence-electron chi connectivity index (χ0n) is 17.2. The average Bonchev–Trinajstić information content (AvgIpc) is 2.81. The Hall–Kier alpha value is -3.65. The van der Waals surface area contributed by atoms with Crippen LogP contribution in [0, 0.1) is 6.92 Å². The molecule has 0 saturated heterocycles. The smallest absolute Gasteiger partial charge is 0.214 e. The fraction of sp³-hybridized carbons (Fsp3) is 0.0357. The molecule has 3 heteroatoms. The van der Waals surface area contributed by atoms with Gasteiger partial charge in [-0.3, -0.25) is 0 Å². The van der Waals surface area contributed by atoms with E-state index in [0.29, 0.717) is 5.56 Å². The van der Waals surface area contributed by atoms with E-state index >= 15 is 0 Å². The standard InChI is InChI=1S/C28H22O2S/c1-22-17-19-26(20-18-22)31(29,30)28(25-15-9-4-10-16-25)21-27(23-11-5-2-6-12-23)24-13-7-3-8-14-24/h2-20H,1H3. The minimum atomic E-state index is -3.80. The fourth-order valence-electron chi connectivity index (χ4n) is 3.35. The van der Waals surface area contributed by atoms with Gasteiger partial charge in [0.1, 0.15) is 4.91 Å². The summed E-state index contributed by atoms with van der Waals surface area (Å²) in [6.45, 7) is 1.94. The van der Waals surface area contributed by atoms with Crippen LogP contribution >= 0.6 is 0 Å². The van der Waals surface area contributed by atoms with Gasteiger partial charge < -0.3 is 0 Å².